The van der Waals surface area contributed by atoms with Crippen LogP contribution >= 0.6 is 11.6 Å². The van der Waals surface area contributed by atoms with Gasteiger partial charge >= 0.3 is 0 Å². The first-order valence-electron chi connectivity index (χ1n) is 7.29. The van der Waals surface area contributed by atoms with E-state index in [1.807, 2.05) is 37.8 Å². The van der Waals surface area contributed by atoms with Gasteiger partial charge in [0.15, 0.2) is 0 Å². The van der Waals surface area contributed by atoms with Crippen molar-refractivity contribution in [2.75, 3.05) is 10.6 Å². The molecule has 23 heavy (non-hydrogen) atoms. The molecule has 6 heteroatoms. The summed E-state index contributed by atoms with van der Waals surface area (Å²) < 4.78 is 6.02. The van der Waals surface area contributed by atoms with E-state index in [0.29, 0.717) is 16.6 Å². The summed E-state index contributed by atoms with van der Waals surface area (Å²) in [5.74, 6) is 0.641. The van der Waals surface area contributed by atoms with E-state index in [0.717, 1.165) is 23.4 Å². The van der Waals surface area contributed by atoms with E-state index in [1.165, 1.54) is 0 Å². The number of rotatable bonds is 2. The molecule has 0 bridgehead atoms. The number of pyridine rings is 1. The third-order valence-corrected chi connectivity index (χ3v) is 4.23. The highest BCUT2D eigenvalue weighted by atomic mass is 35.5. The molecule has 2 heterocycles. The van der Waals surface area contributed by atoms with Crippen LogP contribution in [0, 0.1) is 6.92 Å². The van der Waals surface area contributed by atoms with Gasteiger partial charge in [-0.15, -0.1) is 0 Å². The second-order valence-electron chi connectivity index (χ2n) is 6.12. The lowest BCUT2D eigenvalue weighted by molar-refractivity contribution is -0.112. The number of hydrogen-bond donors (Lipinski definition) is 1. The molecule has 0 saturated carbocycles. The highest BCUT2D eigenvalue weighted by molar-refractivity contribution is 6.29. The van der Waals surface area contributed by atoms with Gasteiger partial charge < -0.3 is 20.2 Å². The quantitative estimate of drug-likeness (QED) is 0.518. The van der Waals surface area contributed by atoms with Crippen LogP contribution in [0.15, 0.2) is 30.3 Å². The maximum Gasteiger partial charge on any atom is 0.146 e. The standard InChI is InChI=1S/C17H18ClN3O2/c1-10-12(6-7-16(18)20-10)21-13-5-4-11(19)8-14(13)23-17(2,3)15(21)9-22/h4-9,15H,19H2,1-3H3. The number of nitrogen functional groups attached to an aromatic ring is 1. The summed E-state index contributed by atoms with van der Waals surface area (Å²) >= 11 is 5.96. The smallest absolute Gasteiger partial charge is 0.146 e. The fourth-order valence-electron chi connectivity index (χ4n) is 2.90. The van der Waals surface area contributed by atoms with Gasteiger partial charge in [-0.3, -0.25) is 0 Å². The first kappa shape index (κ1) is 15.6. The van der Waals surface area contributed by atoms with Crippen LogP contribution < -0.4 is 15.4 Å². The van der Waals surface area contributed by atoms with Crippen LogP contribution in [0.5, 0.6) is 5.75 Å². The molecule has 1 aromatic heterocycles. The molecule has 1 aliphatic rings. The van der Waals surface area contributed by atoms with Gasteiger partial charge in [-0.05, 0) is 45.0 Å². The number of anilines is 3. The molecule has 0 amide bonds. The van der Waals surface area contributed by atoms with E-state index in [1.54, 1.807) is 18.2 Å². The lowest BCUT2D eigenvalue weighted by Crippen LogP contribution is -2.55. The van der Waals surface area contributed by atoms with Gasteiger partial charge in [0, 0.05) is 11.8 Å². The molecular formula is C17H18ClN3O2. The monoisotopic (exact) mass is 331 g/mol. The fourth-order valence-corrected chi connectivity index (χ4v) is 3.09. The highest BCUT2D eigenvalue weighted by Gasteiger charge is 2.43. The number of nitrogens with two attached hydrogens (primary N) is 1. The largest absolute Gasteiger partial charge is 0.483 e. The van der Waals surface area contributed by atoms with Crippen LogP contribution in [-0.4, -0.2) is 22.9 Å². The zero-order valence-electron chi connectivity index (χ0n) is 13.2. The van der Waals surface area contributed by atoms with Crippen molar-refractivity contribution in [3.63, 3.8) is 0 Å². The number of halogens is 1. The Kier molecular flexibility index (Phi) is 3.68. The molecule has 5 nitrogen and oxygen atoms in total. The Morgan fingerprint density at radius 1 is 1.30 bits per heavy atom. The fraction of sp³-hybridized carbons (Fsp3) is 0.294. The van der Waals surface area contributed by atoms with E-state index >= 15 is 0 Å². The molecule has 2 N–H and O–H groups in total. The molecule has 1 aromatic carbocycles. The van der Waals surface area contributed by atoms with E-state index in [2.05, 4.69) is 4.98 Å². The summed E-state index contributed by atoms with van der Waals surface area (Å²) in [5, 5.41) is 0.416. The number of aromatic nitrogens is 1. The van der Waals surface area contributed by atoms with E-state index in [4.69, 9.17) is 22.1 Å². The zero-order chi connectivity index (χ0) is 16.8. The van der Waals surface area contributed by atoms with Gasteiger partial charge in [-0.25, -0.2) is 4.98 Å². The van der Waals surface area contributed by atoms with Gasteiger partial charge in [-0.2, -0.15) is 0 Å². The average Bonchev–Trinajstić information content (AvgIpc) is 2.45. The molecule has 1 atom stereocenters. The number of ether oxygens (including phenoxy) is 1. The van der Waals surface area contributed by atoms with Crippen molar-refractivity contribution < 1.29 is 9.53 Å². The number of hydrogen-bond acceptors (Lipinski definition) is 5. The molecule has 3 rings (SSSR count). The Morgan fingerprint density at radius 2 is 2.00 bits per heavy atom. The number of fused-ring (bicyclic) bond motifs is 1. The molecular weight excluding hydrogens is 314 g/mol. The second kappa shape index (κ2) is 5.42. The van der Waals surface area contributed by atoms with Crippen molar-refractivity contribution in [3.8, 4) is 5.75 Å². The summed E-state index contributed by atoms with van der Waals surface area (Å²) in [6.45, 7) is 5.62. The molecule has 0 aliphatic carbocycles. The van der Waals surface area contributed by atoms with Crippen molar-refractivity contribution in [2.45, 2.75) is 32.4 Å². The Labute approximate surface area is 140 Å². The van der Waals surface area contributed by atoms with Crippen LogP contribution in [0.3, 0.4) is 0 Å². The number of carbonyl (C=O) groups excluding carboxylic acids is 1. The van der Waals surface area contributed by atoms with Crippen molar-refractivity contribution in [2.24, 2.45) is 0 Å². The van der Waals surface area contributed by atoms with Crippen molar-refractivity contribution in [1.82, 2.24) is 4.98 Å². The lowest BCUT2D eigenvalue weighted by atomic mass is 9.93. The van der Waals surface area contributed by atoms with E-state index in [-0.39, 0.29) is 0 Å². The Hall–Kier alpha value is -2.27. The maximum absolute atomic E-state index is 11.8. The number of aldehydes is 1. The van der Waals surface area contributed by atoms with Crippen molar-refractivity contribution in [1.29, 1.82) is 0 Å². The Bertz CT molecular complexity index is 776. The number of aryl methyl sites for hydroxylation is 1. The SMILES string of the molecule is Cc1nc(Cl)ccc1N1c2ccc(N)cc2OC(C)(C)C1C=O. The number of carbonyl (C=O) groups is 1. The molecule has 1 unspecified atom stereocenters. The van der Waals surface area contributed by atoms with Crippen molar-refractivity contribution in [3.05, 3.63) is 41.2 Å². The lowest BCUT2D eigenvalue weighted by Gasteiger charge is -2.45. The minimum Gasteiger partial charge on any atom is -0.483 e. The van der Waals surface area contributed by atoms with Crippen molar-refractivity contribution >= 4 is 34.9 Å². The first-order valence-corrected chi connectivity index (χ1v) is 7.67. The predicted octanol–water partition coefficient (Wildman–Crippen LogP) is 3.50. The van der Waals surface area contributed by atoms with Gasteiger partial charge in [-0.1, -0.05) is 11.6 Å². The van der Waals surface area contributed by atoms with Crippen LogP contribution in [-0.2, 0) is 4.79 Å². The Morgan fingerprint density at radius 3 is 2.65 bits per heavy atom. The molecule has 0 radical (unpaired) electrons. The summed E-state index contributed by atoms with van der Waals surface area (Å²) in [4.78, 5) is 18.1. The van der Waals surface area contributed by atoms with Gasteiger partial charge in [0.05, 0.1) is 17.1 Å². The Balaban J connectivity index is 2.25. The predicted molar refractivity (Wildman–Crippen MR) is 91.5 cm³/mol. The third-order valence-electron chi connectivity index (χ3n) is 4.02. The number of nitrogens with zero attached hydrogens (tertiary/aromatic N) is 2. The molecule has 120 valence electrons. The molecule has 0 spiro atoms. The molecule has 0 fully saturated rings. The van der Waals surface area contributed by atoms with Gasteiger partial charge in [0.25, 0.3) is 0 Å². The van der Waals surface area contributed by atoms with Gasteiger partial charge in [0.1, 0.15) is 28.8 Å². The number of benzene rings is 1. The minimum atomic E-state index is -0.714. The summed E-state index contributed by atoms with van der Waals surface area (Å²) in [5.41, 5.74) is 8.10. The highest BCUT2D eigenvalue weighted by Crippen LogP contribution is 2.45. The molecule has 1 aliphatic heterocycles. The third kappa shape index (κ3) is 2.61. The van der Waals surface area contributed by atoms with Crippen LogP contribution in [0.2, 0.25) is 5.15 Å². The summed E-state index contributed by atoms with van der Waals surface area (Å²) in [6, 6.07) is 8.48. The van der Waals surface area contributed by atoms with Crippen LogP contribution in [0.25, 0.3) is 0 Å². The summed E-state index contributed by atoms with van der Waals surface area (Å²) in [6.07, 6.45) is 0.896. The minimum absolute atomic E-state index is 0.416. The summed E-state index contributed by atoms with van der Waals surface area (Å²) in [7, 11) is 0. The average molecular weight is 332 g/mol. The van der Waals surface area contributed by atoms with Gasteiger partial charge in [0.2, 0.25) is 0 Å². The normalized spacial score (nSPS) is 19.0. The first-order chi connectivity index (χ1) is 10.8. The zero-order valence-corrected chi connectivity index (χ0v) is 14.0. The maximum atomic E-state index is 11.8. The molecule has 2 aromatic rings. The second-order valence-corrected chi connectivity index (χ2v) is 6.51. The van der Waals surface area contributed by atoms with E-state index < -0.39 is 11.6 Å². The van der Waals surface area contributed by atoms with E-state index in [9.17, 15) is 4.79 Å². The topological polar surface area (TPSA) is 68.5 Å². The van der Waals surface area contributed by atoms with Crippen LogP contribution in [0.1, 0.15) is 19.5 Å². The van der Waals surface area contributed by atoms with Crippen LogP contribution in [0.4, 0.5) is 17.1 Å². The molecule has 0 saturated heterocycles.